The predicted molar refractivity (Wildman–Crippen MR) is 85.0 cm³/mol. The zero-order chi connectivity index (χ0) is 16.4. The topological polar surface area (TPSA) is 78.5 Å². The highest BCUT2D eigenvalue weighted by atomic mass is 32.2. The van der Waals surface area contributed by atoms with Crippen LogP contribution in [0.5, 0.6) is 0 Å². The number of fused-ring (bicyclic) bond motifs is 1. The maximum absolute atomic E-state index is 14.4. The summed E-state index contributed by atoms with van der Waals surface area (Å²) in [6, 6.07) is 3.37. The van der Waals surface area contributed by atoms with Crippen LogP contribution in [0.1, 0.15) is 24.0 Å². The molecule has 0 aromatic heterocycles. The third-order valence-corrected chi connectivity index (χ3v) is 6.23. The number of hydrogen-bond acceptors (Lipinski definition) is 4. The zero-order valence-electron chi connectivity index (χ0n) is 12.8. The van der Waals surface area contributed by atoms with Crippen LogP contribution in [0, 0.1) is 5.82 Å². The van der Waals surface area contributed by atoms with Crippen LogP contribution in [-0.2, 0) is 27.8 Å². The lowest BCUT2D eigenvalue weighted by Gasteiger charge is -2.19. The monoisotopic (exact) mass is 341 g/mol. The van der Waals surface area contributed by atoms with Gasteiger partial charge in [-0.1, -0.05) is 6.07 Å². The summed E-state index contributed by atoms with van der Waals surface area (Å²) >= 11 is 0. The fraction of sp³-hybridized carbons (Fsp3) is 0.533. The van der Waals surface area contributed by atoms with E-state index in [0.717, 1.165) is 5.56 Å². The van der Waals surface area contributed by atoms with Crippen LogP contribution in [0.4, 0.5) is 10.1 Å². The molecule has 2 aliphatic heterocycles. The molecule has 0 atom stereocenters. The number of nitrogens with one attached hydrogen (secondary N) is 2. The van der Waals surface area contributed by atoms with Gasteiger partial charge in [-0.2, -0.15) is 0 Å². The van der Waals surface area contributed by atoms with Crippen LogP contribution >= 0.6 is 0 Å². The van der Waals surface area contributed by atoms with E-state index in [-0.39, 0.29) is 36.1 Å². The number of hydrogen-bond donors (Lipinski definition) is 2. The first-order chi connectivity index (χ1) is 11.0. The summed E-state index contributed by atoms with van der Waals surface area (Å²) in [6.45, 7) is 1.95. The van der Waals surface area contributed by atoms with E-state index in [0.29, 0.717) is 38.0 Å². The first kappa shape index (κ1) is 16.4. The second kappa shape index (κ2) is 6.54. The number of carbonyl (C=O) groups excluding carboxylic acids is 1. The predicted octanol–water partition coefficient (Wildman–Crippen LogP) is 0.836. The Morgan fingerprint density at radius 3 is 2.96 bits per heavy atom. The molecule has 1 aromatic rings. The van der Waals surface area contributed by atoms with Crippen molar-refractivity contribution in [3.05, 3.63) is 29.1 Å². The Morgan fingerprint density at radius 1 is 1.39 bits per heavy atom. The minimum Gasteiger partial charge on any atom is -0.324 e. The standard InChI is InChI=1S/C15H20FN3O3S/c16-15-12-4-6-17-10-11(12)2-3-13(15)18-14(20)5-8-19-7-1-9-23(19,21)22/h2-3,17H,1,4-10H2,(H,18,20). The molecule has 1 amide bonds. The minimum absolute atomic E-state index is 0.0251. The molecule has 1 saturated heterocycles. The van der Waals surface area contributed by atoms with E-state index in [1.165, 1.54) is 4.31 Å². The van der Waals surface area contributed by atoms with Gasteiger partial charge in [-0.25, -0.2) is 17.1 Å². The van der Waals surface area contributed by atoms with Crippen molar-refractivity contribution >= 4 is 21.6 Å². The number of carbonyl (C=O) groups is 1. The van der Waals surface area contributed by atoms with Crippen LogP contribution < -0.4 is 10.6 Å². The van der Waals surface area contributed by atoms with Gasteiger partial charge in [0.15, 0.2) is 0 Å². The molecular weight excluding hydrogens is 321 g/mol. The van der Waals surface area contributed by atoms with E-state index in [2.05, 4.69) is 10.6 Å². The molecule has 3 rings (SSSR count). The van der Waals surface area contributed by atoms with Crippen LogP contribution in [-0.4, -0.2) is 44.0 Å². The van der Waals surface area contributed by atoms with E-state index < -0.39 is 10.0 Å². The van der Waals surface area contributed by atoms with Crippen LogP contribution in [0.15, 0.2) is 12.1 Å². The molecule has 2 N–H and O–H groups in total. The van der Waals surface area contributed by atoms with Crippen LogP contribution in [0.3, 0.4) is 0 Å². The minimum atomic E-state index is -3.20. The van der Waals surface area contributed by atoms with Crippen molar-refractivity contribution in [3.63, 3.8) is 0 Å². The summed E-state index contributed by atoms with van der Waals surface area (Å²) < 4.78 is 39.1. The number of benzene rings is 1. The highest BCUT2D eigenvalue weighted by Crippen LogP contribution is 2.24. The molecule has 0 saturated carbocycles. The molecule has 2 heterocycles. The van der Waals surface area contributed by atoms with Crippen molar-refractivity contribution in [2.45, 2.75) is 25.8 Å². The lowest BCUT2D eigenvalue weighted by atomic mass is 9.99. The third-order valence-electron chi connectivity index (χ3n) is 4.27. The summed E-state index contributed by atoms with van der Waals surface area (Å²) in [7, 11) is -3.20. The van der Waals surface area contributed by atoms with Gasteiger partial charge in [0.05, 0.1) is 11.4 Å². The molecule has 2 aliphatic rings. The van der Waals surface area contributed by atoms with E-state index >= 15 is 0 Å². The van der Waals surface area contributed by atoms with Gasteiger partial charge < -0.3 is 10.6 Å². The number of halogens is 1. The summed E-state index contributed by atoms with van der Waals surface area (Å²) in [6.07, 6.45) is 1.21. The molecule has 0 spiro atoms. The average molecular weight is 341 g/mol. The number of sulfonamides is 1. The molecule has 1 fully saturated rings. The summed E-state index contributed by atoms with van der Waals surface area (Å²) in [4.78, 5) is 12.0. The van der Waals surface area contributed by atoms with Crippen molar-refractivity contribution in [2.24, 2.45) is 0 Å². The van der Waals surface area contributed by atoms with E-state index in [4.69, 9.17) is 0 Å². The van der Waals surface area contributed by atoms with Crippen LogP contribution in [0.2, 0.25) is 0 Å². The zero-order valence-corrected chi connectivity index (χ0v) is 13.6. The highest BCUT2D eigenvalue weighted by Gasteiger charge is 2.28. The van der Waals surface area contributed by atoms with Crippen molar-refractivity contribution in [1.29, 1.82) is 0 Å². The van der Waals surface area contributed by atoms with Crippen molar-refractivity contribution in [1.82, 2.24) is 9.62 Å². The molecule has 23 heavy (non-hydrogen) atoms. The Labute approximate surface area is 135 Å². The first-order valence-corrected chi connectivity index (χ1v) is 9.37. The second-order valence-electron chi connectivity index (χ2n) is 5.86. The van der Waals surface area contributed by atoms with Crippen molar-refractivity contribution in [2.75, 3.05) is 30.7 Å². The lowest BCUT2D eigenvalue weighted by molar-refractivity contribution is -0.116. The van der Waals surface area contributed by atoms with E-state index in [1.54, 1.807) is 6.07 Å². The normalized spacial score (nSPS) is 20.2. The number of rotatable bonds is 4. The molecule has 0 bridgehead atoms. The van der Waals surface area contributed by atoms with Gasteiger partial charge in [0.1, 0.15) is 5.82 Å². The summed E-state index contributed by atoms with van der Waals surface area (Å²) in [5.41, 5.74) is 1.72. The Hall–Kier alpha value is -1.51. The Morgan fingerprint density at radius 2 is 2.22 bits per heavy atom. The Balaban J connectivity index is 1.62. The van der Waals surface area contributed by atoms with Gasteiger partial charge in [-0.15, -0.1) is 0 Å². The number of anilines is 1. The Bertz CT molecular complexity index is 721. The maximum Gasteiger partial charge on any atom is 0.225 e. The fourth-order valence-electron chi connectivity index (χ4n) is 3.01. The third kappa shape index (κ3) is 3.54. The van der Waals surface area contributed by atoms with Gasteiger partial charge in [0, 0.05) is 26.1 Å². The lowest BCUT2D eigenvalue weighted by Crippen LogP contribution is -2.30. The van der Waals surface area contributed by atoms with Crippen molar-refractivity contribution in [3.8, 4) is 0 Å². The number of amides is 1. The van der Waals surface area contributed by atoms with E-state index in [1.807, 2.05) is 6.07 Å². The molecule has 6 nitrogen and oxygen atoms in total. The Kier molecular flexibility index (Phi) is 4.65. The SMILES string of the molecule is O=C(CCN1CCCS1(=O)=O)Nc1ccc2c(c1F)CCNC2. The highest BCUT2D eigenvalue weighted by molar-refractivity contribution is 7.89. The quantitative estimate of drug-likeness (QED) is 0.850. The summed E-state index contributed by atoms with van der Waals surface area (Å²) in [5, 5.41) is 5.73. The number of nitrogens with zero attached hydrogens (tertiary/aromatic N) is 1. The fourth-order valence-corrected chi connectivity index (χ4v) is 4.54. The molecule has 126 valence electrons. The van der Waals surface area contributed by atoms with Crippen molar-refractivity contribution < 1.29 is 17.6 Å². The van der Waals surface area contributed by atoms with Gasteiger partial charge in [-0.3, -0.25) is 4.79 Å². The smallest absolute Gasteiger partial charge is 0.225 e. The molecule has 8 heteroatoms. The van der Waals surface area contributed by atoms with E-state index in [9.17, 15) is 17.6 Å². The molecule has 0 radical (unpaired) electrons. The molecular formula is C15H20FN3O3S. The molecule has 0 unspecified atom stereocenters. The van der Waals surface area contributed by atoms with Gasteiger partial charge in [0.2, 0.25) is 15.9 Å². The first-order valence-electron chi connectivity index (χ1n) is 7.76. The average Bonchev–Trinajstić information content (AvgIpc) is 2.87. The second-order valence-corrected chi connectivity index (χ2v) is 7.95. The van der Waals surface area contributed by atoms with Gasteiger partial charge in [0.25, 0.3) is 0 Å². The van der Waals surface area contributed by atoms with Crippen LogP contribution in [0.25, 0.3) is 0 Å². The largest absolute Gasteiger partial charge is 0.324 e. The van der Waals surface area contributed by atoms with Gasteiger partial charge >= 0.3 is 0 Å². The van der Waals surface area contributed by atoms with Gasteiger partial charge in [-0.05, 0) is 36.6 Å². The maximum atomic E-state index is 14.4. The molecule has 0 aliphatic carbocycles. The molecule has 1 aromatic carbocycles. The summed E-state index contributed by atoms with van der Waals surface area (Å²) in [5.74, 6) is -0.617.